The Kier molecular flexibility index (Phi) is 4.48. The zero-order valence-corrected chi connectivity index (χ0v) is 14.8. The molecule has 0 aliphatic carbocycles. The summed E-state index contributed by atoms with van der Waals surface area (Å²) in [5.74, 6) is 0. The lowest BCUT2D eigenvalue weighted by Crippen LogP contribution is -2.45. The van der Waals surface area contributed by atoms with E-state index in [9.17, 15) is 4.91 Å². The van der Waals surface area contributed by atoms with Gasteiger partial charge in [-0.25, -0.2) is 0 Å². The molecule has 2 aliphatic rings. The van der Waals surface area contributed by atoms with E-state index in [1.807, 2.05) is 17.8 Å². The average molecular weight is 360 g/mol. The van der Waals surface area contributed by atoms with Crippen LogP contribution in [0.5, 0.6) is 0 Å². The Balaban J connectivity index is 1.71. The van der Waals surface area contributed by atoms with Gasteiger partial charge in [0.05, 0.1) is 18.4 Å². The van der Waals surface area contributed by atoms with Crippen molar-refractivity contribution < 1.29 is 0 Å². The number of hydrogen-bond acceptors (Lipinski definition) is 4. The molecule has 4 rings (SSSR count). The standard InChI is InChI=1S/C18H18ClN3OS/c19-14-5-6-17-13(11-14)12-16(15-3-1-2-4-18(15)24-17)21-7-9-22(20-23)10-8-21/h1-6,11,16H,7-10,12H2/t16-/m1/s1. The molecule has 2 aromatic rings. The summed E-state index contributed by atoms with van der Waals surface area (Å²) in [5, 5.41) is 5.47. The summed E-state index contributed by atoms with van der Waals surface area (Å²) in [6.45, 7) is 3.09. The van der Waals surface area contributed by atoms with Crippen molar-refractivity contribution in [3.05, 3.63) is 63.5 Å². The fraction of sp³-hybridized carbons (Fsp3) is 0.333. The van der Waals surface area contributed by atoms with Crippen molar-refractivity contribution in [3.63, 3.8) is 0 Å². The van der Waals surface area contributed by atoms with Gasteiger partial charge in [0.1, 0.15) is 0 Å². The highest BCUT2D eigenvalue weighted by Gasteiger charge is 2.29. The van der Waals surface area contributed by atoms with Gasteiger partial charge in [-0.15, -0.1) is 4.91 Å². The number of halogens is 1. The molecule has 0 bridgehead atoms. The van der Waals surface area contributed by atoms with Crippen molar-refractivity contribution in [2.24, 2.45) is 5.29 Å². The first-order valence-electron chi connectivity index (χ1n) is 8.12. The molecule has 0 amide bonds. The first-order chi connectivity index (χ1) is 11.7. The summed E-state index contributed by atoms with van der Waals surface area (Å²) >= 11 is 8.06. The van der Waals surface area contributed by atoms with Crippen LogP contribution in [-0.2, 0) is 6.42 Å². The van der Waals surface area contributed by atoms with Crippen molar-refractivity contribution in [2.75, 3.05) is 26.2 Å². The molecule has 2 aliphatic heterocycles. The molecule has 2 aromatic carbocycles. The summed E-state index contributed by atoms with van der Waals surface area (Å²) in [7, 11) is 0. The van der Waals surface area contributed by atoms with Gasteiger partial charge in [0, 0.05) is 33.9 Å². The number of piperazine rings is 1. The lowest BCUT2D eigenvalue weighted by molar-refractivity contribution is 0.0954. The molecule has 1 atom stereocenters. The minimum atomic E-state index is 0.308. The number of hydrogen-bond donors (Lipinski definition) is 0. The smallest absolute Gasteiger partial charge is 0.0524 e. The van der Waals surface area contributed by atoms with Crippen molar-refractivity contribution >= 4 is 23.4 Å². The number of rotatable bonds is 2. The van der Waals surface area contributed by atoms with Crippen LogP contribution in [0.3, 0.4) is 0 Å². The van der Waals surface area contributed by atoms with Gasteiger partial charge in [-0.05, 0) is 41.8 Å². The Morgan fingerprint density at radius 1 is 1.04 bits per heavy atom. The molecule has 0 aromatic heterocycles. The highest BCUT2D eigenvalue weighted by molar-refractivity contribution is 7.99. The van der Waals surface area contributed by atoms with E-state index in [0.717, 1.165) is 24.5 Å². The van der Waals surface area contributed by atoms with Crippen LogP contribution >= 0.6 is 23.4 Å². The summed E-state index contributed by atoms with van der Waals surface area (Å²) < 4.78 is 0. The van der Waals surface area contributed by atoms with Crippen molar-refractivity contribution in [1.29, 1.82) is 0 Å². The molecular weight excluding hydrogens is 342 g/mol. The molecule has 0 spiro atoms. The van der Waals surface area contributed by atoms with Gasteiger partial charge in [0.15, 0.2) is 0 Å². The molecule has 0 N–H and O–H groups in total. The van der Waals surface area contributed by atoms with Crippen LogP contribution in [0.15, 0.2) is 57.5 Å². The third kappa shape index (κ3) is 3.04. The summed E-state index contributed by atoms with van der Waals surface area (Å²) in [5.41, 5.74) is 2.66. The van der Waals surface area contributed by atoms with Gasteiger partial charge < -0.3 is 0 Å². The van der Waals surface area contributed by atoms with Crippen LogP contribution in [0.1, 0.15) is 17.2 Å². The maximum Gasteiger partial charge on any atom is 0.0524 e. The highest BCUT2D eigenvalue weighted by Crippen LogP contribution is 2.43. The molecule has 1 fully saturated rings. The van der Waals surface area contributed by atoms with E-state index >= 15 is 0 Å². The number of nitroso groups, excluding NO2 is 1. The monoisotopic (exact) mass is 359 g/mol. The third-order valence-corrected chi connectivity index (χ3v) is 6.23. The molecule has 124 valence electrons. The molecule has 4 nitrogen and oxygen atoms in total. The van der Waals surface area contributed by atoms with Gasteiger partial charge >= 0.3 is 0 Å². The van der Waals surface area contributed by atoms with Gasteiger partial charge in [-0.3, -0.25) is 9.91 Å². The lowest BCUT2D eigenvalue weighted by Gasteiger charge is -2.37. The molecule has 0 radical (unpaired) electrons. The Morgan fingerprint density at radius 3 is 2.62 bits per heavy atom. The maximum absolute atomic E-state index is 10.7. The predicted octanol–water partition coefficient (Wildman–Crippen LogP) is 4.39. The fourth-order valence-corrected chi connectivity index (χ4v) is 4.83. The second kappa shape index (κ2) is 6.75. The molecule has 24 heavy (non-hydrogen) atoms. The van der Waals surface area contributed by atoms with E-state index in [2.05, 4.69) is 46.6 Å². The van der Waals surface area contributed by atoms with Crippen LogP contribution in [0.2, 0.25) is 5.02 Å². The lowest BCUT2D eigenvalue weighted by atomic mass is 9.97. The molecular formula is C18H18ClN3OS. The molecule has 1 saturated heterocycles. The minimum Gasteiger partial charge on any atom is -0.292 e. The summed E-state index contributed by atoms with van der Waals surface area (Å²) in [6, 6.07) is 15.1. The molecule has 0 saturated carbocycles. The van der Waals surface area contributed by atoms with E-state index in [1.165, 1.54) is 20.9 Å². The quantitative estimate of drug-likeness (QED) is 0.745. The molecule has 6 heteroatoms. The zero-order valence-electron chi connectivity index (χ0n) is 13.2. The summed E-state index contributed by atoms with van der Waals surface area (Å²) in [4.78, 5) is 15.8. The van der Waals surface area contributed by atoms with Crippen molar-refractivity contribution in [3.8, 4) is 0 Å². The molecule has 0 unspecified atom stereocenters. The van der Waals surface area contributed by atoms with Gasteiger partial charge in [-0.2, -0.15) is 0 Å². The van der Waals surface area contributed by atoms with Crippen LogP contribution < -0.4 is 0 Å². The number of fused-ring (bicyclic) bond motifs is 2. The van der Waals surface area contributed by atoms with Gasteiger partial charge in [0.25, 0.3) is 0 Å². The molecule has 2 heterocycles. The Hall–Kier alpha value is -1.56. The zero-order chi connectivity index (χ0) is 16.5. The van der Waals surface area contributed by atoms with Gasteiger partial charge in [0.2, 0.25) is 0 Å². The Bertz CT molecular complexity index is 762. The maximum atomic E-state index is 10.7. The second-order valence-corrected chi connectivity index (χ2v) is 7.70. The summed E-state index contributed by atoms with van der Waals surface area (Å²) in [6.07, 6.45) is 0.939. The van der Waals surface area contributed by atoms with E-state index in [0.29, 0.717) is 19.1 Å². The van der Waals surface area contributed by atoms with Crippen molar-refractivity contribution in [1.82, 2.24) is 9.91 Å². The van der Waals surface area contributed by atoms with Gasteiger partial charge in [-0.1, -0.05) is 41.6 Å². The largest absolute Gasteiger partial charge is 0.292 e. The Labute approximate surface area is 150 Å². The van der Waals surface area contributed by atoms with Crippen LogP contribution in [0, 0.1) is 4.91 Å². The number of benzene rings is 2. The van der Waals surface area contributed by atoms with E-state index in [1.54, 1.807) is 5.01 Å². The Morgan fingerprint density at radius 2 is 1.83 bits per heavy atom. The fourth-order valence-electron chi connectivity index (χ4n) is 3.52. The van der Waals surface area contributed by atoms with E-state index < -0.39 is 0 Å². The van der Waals surface area contributed by atoms with Crippen LogP contribution in [-0.4, -0.2) is 36.1 Å². The first kappa shape index (κ1) is 15.9. The van der Waals surface area contributed by atoms with Crippen molar-refractivity contribution in [2.45, 2.75) is 22.3 Å². The first-order valence-corrected chi connectivity index (χ1v) is 9.31. The number of nitrogens with zero attached hydrogens (tertiary/aromatic N) is 3. The highest BCUT2D eigenvalue weighted by atomic mass is 35.5. The minimum absolute atomic E-state index is 0.308. The SMILES string of the molecule is O=NN1CCN([C@@H]2Cc3cc(Cl)ccc3Sc3ccccc32)CC1. The predicted molar refractivity (Wildman–Crippen MR) is 97.4 cm³/mol. The second-order valence-electron chi connectivity index (χ2n) is 6.18. The topological polar surface area (TPSA) is 35.9 Å². The average Bonchev–Trinajstić information content (AvgIpc) is 2.78. The van der Waals surface area contributed by atoms with Crippen LogP contribution in [0.4, 0.5) is 0 Å². The van der Waals surface area contributed by atoms with E-state index in [4.69, 9.17) is 11.6 Å². The van der Waals surface area contributed by atoms with Crippen LogP contribution in [0.25, 0.3) is 0 Å². The van der Waals surface area contributed by atoms with E-state index in [-0.39, 0.29) is 0 Å². The normalized spacial score (nSPS) is 20.9. The third-order valence-electron chi connectivity index (χ3n) is 4.78.